The summed E-state index contributed by atoms with van der Waals surface area (Å²) >= 11 is 0. The van der Waals surface area contributed by atoms with Crippen molar-refractivity contribution in [2.24, 2.45) is 0 Å². The first-order valence-corrected chi connectivity index (χ1v) is 8.79. The Balaban J connectivity index is 2.43. The monoisotopic (exact) mass is 310 g/mol. The van der Waals surface area contributed by atoms with Crippen molar-refractivity contribution in [1.82, 2.24) is 14.1 Å². The molecule has 2 rings (SSSR count). The topological polar surface area (TPSA) is 75.5 Å². The van der Waals surface area contributed by atoms with E-state index in [1.807, 2.05) is 19.9 Å². The maximum absolute atomic E-state index is 12.6. The van der Waals surface area contributed by atoms with Crippen LogP contribution in [0.4, 0.5) is 5.82 Å². The molecule has 0 unspecified atom stereocenters. The molecule has 0 saturated carbocycles. The molecule has 2 heterocycles. The van der Waals surface area contributed by atoms with E-state index in [-0.39, 0.29) is 5.03 Å². The van der Waals surface area contributed by atoms with Crippen molar-refractivity contribution in [1.29, 1.82) is 0 Å². The van der Waals surface area contributed by atoms with E-state index in [0.717, 1.165) is 19.3 Å². The van der Waals surface area contributed by atoms with Crippen molar-refractivity contribution in [3.05, 3.63) is 24.4 Å². The maximum Gasteiger partial charge on any atom is 0.260 e. The second kappa shape index (κ2) is 6.91. The summed E-state index contributed by atoms with van der Waals surface area (Å²) in [5.74, 6) is 0.409. The molecule has 2 N–H and O–H groups in total. The third-order valence-corrected chi connectivity index (χ3v) is 4.59. The van der Waals surface area contributed by atoms with Gasteiger partial charge in [0.05, 0.1) is 0 Å². The Morgan fingerprint density at radius 2 is 2.00 bits per heavy atom. The summed E-state index contributed by atoms with van der Waals surface area (Å²) in [6, 6.07) is 5.43. The standard InChI is InChI=1S/C14H22N4O2S/c1-3-5-10-16-21(19,20)14-13(15-9-4-2)17-12-8-6-7-11-18(12)14/h6-8,11,15-16H,3-5,9-10H2,1-2H3. The summed E-state index contributed by atoms with van der Waals surface area (Å²) in [5.41, 5.74) is 0.618. The first-order valence-electron chi connectivity index (χ1n) is 7.30. The SMILES string of the molecule is CCCCNS(=O)(=O)c1c(NCCC)nc2ccccn12. The molecule has 116 valence electrons. The maximum atomic E-state index is 12.6. The van der Waals surface area contributed by atoms with E-state index in [0.29, 0.717) is 24.6 Å². The number of anilines is 1. The van der Waals surface area contributed by atoms with Gasteiger partial charge < -0.3 is 5.32 Å². The molecule has 0 radical (unpaired) electrons. The minimum atomic E-state index is -3.59. The second-order valence-electron chi connectivity index (χ2n) is 4.87. The number of pyridine rings is 1. The number of sulfonamides is 1. The van der Waals surface area contributed by atoms with Gasteiger partial charge in [0, 0.05) is 19.3 Å². The highest BCUT2D eigenvalue weighted by Crippen LogP contribution is 2.22. The number of aromatic nitrogens is 2. The Kier molecular flexibility index (Phi) is 5.19. The number of nitrogens with zero attached hydrogens (tertiary/aromatic N) is 2. The van der Waals surface area contributed by atoms with Crippen LogP contribution in [0.2, 0.25) is 0 Å². The normalized spacial score (nSPS) is 11.9. The summed E-state index contributed by atoms with van der Waals surface area (Å²) in [6.07, 6.45) is 4.37. The molecule has 2 aromatic rings. The minimum Gasteiger partial charge on any atom is -0.368 e. The van der Waals surface area contributed by atoms with E-state index in [1.54, 1.807) is 22.7 Å². The van der Waals surface area contributed by atoms with Gasteiger partial charge >= 0.3 is 0 Å². The van der Waals surface area contributed by atoms with Gasteiger partial charge in [-0.05, 0) is 25.0 Å². The fourth-order valence-electron chi connectivity index (χ4n) is 2.04. The molecule has 0 fully saturated rings. The molecule has 0 amide bonds. The molecule has 0 bridgehead atoms. The third kappa shape index (κ3) is 3.54. The number of fused-ring (bicyclic) bond motifs is 1. The summed E-state index contributed by atoms with van der Waals surface area (Å²) < 4.78 is 29.4. The number of rotatable bonds is 8. The number of hydrogen-bond donors (Lipinski definition) is 2. The first kappa shape index (κ1) is 15.8. The zero-order chi connectivity index (χ0) is 15.3. The van der Waals surface area contributed by atoms with E-state index in [2.05, 4.69) is 15.0 Å². The highest BCUT2D eigenvalue weighted by atomic mass is 32.2. The summed E-state index contributed by atoms with van der Waals surface area (Å²) in [6.45, 7) is 5.17. The van der Waals surface area contributed by atoms with E-state index >= 15 is 0 Å². The summed E-state index contributed by atoms with van der Waals surface area (Å²) in [4.78, 5) is 4.38. The second-order valence-corrected chi connectivity index (χ2v) is 6.55. The van der Waals surface area contributed by atoms with Crippen LogP contribution in [-0.2, 0) is 10.0 Å². The largest absolute Gasteiger partial charge is 0.368 e. The molecule has 2 aromatic heterocycles. The van der Waals surface area contributed by atoms with Crippen molar-refractivity contribution in [2.45, 2.75) is 38.1 Å². The van der Waals surface area contributed by atoms with Crippen molar-refractivity contribution in [2.75, 3.05) is 18.4 Å². The highest BCUT2D eigenvalue weighted by molar-refractivity contribution is 7.89. The van der Waals surface area contributed by atoms with Crippen LogP contribution in [0.15, 0.2) is 29.4 Å². The van der Waals surface area contributed by atoms with Crippen LogP contribution in [0.1, 0.15) is 33.1 Å². The smallest absolute Gasteiger partial charge is 0.260 e. The van der Waals surface area contributed by atoms with Gasteiger partial charge in [0.2, 0.25) is 0 Å². The van der Waals surface area contributed by atoms with Gasteiger partial charge in [-0.25, -0.2) is 18.1 Å². The Morgan fingerprint density at radius 1 is 1.19 bits per heavy atom. The van der Waals surface area contributed by atoms with Crippen molar-refractivity contribution >= 4 is 21.5 Å². The fourth-order valence-corrected chi connectivity index (χ4v) is 3.38. The van der Waals surface area contributed by atoms with E-state index in [1.165, 1.54) is 0 Å². The predicted octanol–water partition coefficient (Wildman–Crippen LogP) is 2.23. The number of nitrogens with one attached hydrogen (secondary N) is 2. The highest BCUT2D eigenvalue weighted by Gasteiger charge is 2.24. The van der Waals surface area contributed by atoms with Crippen LogP contribution in [0.5, 0.6) is 0 Å². The Hall–Kier alpha value is -1.60. The molecule has 21 heavy (non-hydrogen) atoms. The van der Waals surface area contributed by atoms with Crippen LogP contribution < -0.4 is 10.0 Å². The molecule has 0 aliphatic carbocycles. The zero-order valence-corrected chi connectivity index (χ0v) is 13.3. The molecule has 0 aliphatic rings. The molecule has 7 heteroatoms. The van der Waals surface area contributed by atoms with Crippen LogP contribution in [-0.4, -0.2) is 30.9 Å². The Labute approximate surface area is 125 Å². The van der Waals surface area contributed by atoms with Gasteiger partial charge in [-0.15, -0.1) is 0 Å². The minimum absolute atomic E-state index is 0.183. The van der Waals surface area contributed by atoms with E-state index < -0.39 is 10.0 Å². The lowest BCUT2D eigenvalue weighted by molar-refractivity contribution is 0.574. The number of imidazole rings is 1. The number of unbranched alkanes of at least 4 members (excludes halogenated alkanes) is 1. The van der Waals surface area contributed by atoms with Gasteiger partial charge in [0.15, 0.2) is 10.8 Å². The van der Waals surface area contributed by atoms with Gasteiger partial charge in [-0.2, -0.15) is 0 Å². The summed E-state index contributed by atoms with van der Waals surface area (Å²) in [7, 11) is -3.59. The Morgan fingerprint density at radius 3 is 2.71 bits per heavy atom. The first-order chi connectivity index (χ1) is 10.1. The van der Waals surface area contributed by atoms with Crippen LogP contribution in [0, 0.1) is 0 Å². The predicted molar refractivity (Wildman–Crippen MR) is 84.1 cm³/mol. The van der Waals surface area contributed by atoms with Crippen LogP contribution in [0.3, 0.4) is 0 Å². The van der Waals surface area contributed by atoms with Gasteiger partial charge in [0.1, 0.15) is 5.65 Å². The molecular formula is C14H22N4O2S. The third-order valence-electron chi connectivity index (χ3n) is 3.11. The van der Waals surface area contributed by atoms with Crippen LogP contribution >= 0.6 is 0 Å². The average molecular weight is 310 g/mol. The molecular weight excluding hydrogens is 288 g/mol. The molecule has 0 aromatic carbocycles. The molecule has 0 aliphatic heterocycles. The Bertz CT molecular complexity index is 694. The summed E-state index contributed by atoms with van der Waals surface area (Å²) in [5, 5.41) is 3.28. The van der Waals surface area contributed by atoms with Crippen molar-refractivity contribution in [3.63, 3.8) is 0 Å². The van der Waals surface area contributed by atoms with Gasteiger partial charge in [-0.1, -0.05) is 26.3 Å². The van der Waals surface area contributed by atoms with E-state index in [4.69, 9.17) is 0 Å². The van der Waals surface area contributed by atoms with E-state index in [9.17, 15) is 8.42 Å². The molecule has 0 saturated heterocycles. The quantitative estimate of drug-likeness (QED) is 0.733. The average Bonchev–Trinajstić information content (AvgIpc) is 2.84. The number of hydrogen-bond acceptors (Lipinski definition) is 4. The molecule has 0 atom stereocenters. The molecule has 6 nitrogen and oxygen atoms in total. The lowest BCUT2D eigenvalue weighted by Crippen LogP contribution is -2.26. The van der Waals surface area contributed by atoms with Crippen molar-refractivity contribution in [3.8, 4) is 0 Å². The van der Waals surface area contributed by atoms with Gasteiger partial charge in [-0.3, -0.25) is 4.40 Å². The molecule has 0 spiro atoms. The fraction of sp³-hybridized carbons (Fsp3) is 0.500. The lowest BCUT2D eigenvalue weighted by Gasteiger charge is -2.09. The van der Waals surface area contributed by atoms with Crippen molar-refractivity contribution < 1.29 is 8.42 Å². The van der Waals surface area contributed by atoms with Crippen LogP contribution in [0.25, 0.3) is 5.65 Å². The van der Waals surface area contributed by atoms with Gasteiger partial charge in [0.25, 0.3) is 10.0 Å². The lowest BCUT2D eigenvalue weighted by atomic mass is 10.3. The zero-order valence-electron chi connectivity index (χ0n) is 12.5.